The average Bonchev–Trinajstić information content (AvgIpc) is 2.73. The van der Waals surface area contributed by atoms with Crippen molar-refractivity contribution in [3.63, 3.8) is 0 Å². The molecule has 1 aromatic carbocycles. The molecular formula is C13H16FN3. The number of halogens is 1. The van der Waals surface area contributed by atoms with Crippen molar-refractivity contribution in [3.8, 4) is 0 Å². The van der Waals surface area contributed by atoms with Crippen LogP contribution in [0.4, 0.5) is 10.2 Å². The van der Waals surface area contributed by atoms with Crippen LogP contribution in [0.2, 0.25) is 0 Å². The van der Waals surface area contributed by atoms with Crippen LogP contribution >= 0.6 is 0 Å². The molecule has 0 aliphatic rings. The third kappa shape index (κ3) is 2.84. The van der Waals surface area contributed by atoms with Crippen LogP contribution in [0.15, 0.2) is 36.5 Å². The molecule has 1 atom stereocenters. The molecule has 0 unspecified atom stereocenters. The predicted molar refractivity (Wildman–Crippen MR) is 66.3 cm³/mol. The molecule has 0 radical (unpaired) electrons. The Morgan fingerprint density at radius 2 is 2.00 bits per heavy atom. The number of anilines is 1. The van der Waals surface area contributed by atoms with Gasteiger partial charge in [-0.15, -0.1) is 0 Å². The standard InChI is InChI=1S/C13H16FN3/c1-3-12(10-4-6-11(14)7-5-10)15-13-8-9-17(2)16-13/h4-9,12H,3H2,1-2H3,(H,15,16)/t12-/m0/s1. The third-order valence-corrected chi connectivity index (χ3v) is 2.72. The summed E-state index contributed by atoms with van der Waals surface area (Å²) < 4.78 is 14.6. The highest BCUT2D eigenvalue weighted by molar-refractivity contribution is 5.37. The van der Waals surface area contributed by atoms with Gasteiger partial charge in [0.25, 0.3) is 0 Å². The zero-order valence-corrected chi connectivity index (χ0v) is 10.0. The van der Waals surface area contributed by atoms with Gasteiger partial charge in [0, 0.05) is 19.3 Å². The number of aryl methyl sites for hydroxylation is 1. The Hall–Kier alpha value is -1.84. The van der Waals surface area contributed by atoms with Gasteiger partial charge in [0.05, 0.1) is 6.04 Å². The van der Waals surface area contributed by atoms with Crippen molar-refractivity contribution in [2.75, 3.05) is 5.32 Å². The lowest BCUT2D eigenvalue weighted by molar-refractivity contribution is 0.625. The van der Waals surface area contributed by atoms with Gasteiger partial charge in [0.2, 0.25) is 0 Å². The van der Waals surface area contributed by atoms with Crippen molar-refractivity contribution in [2.45, 2.75) is 19.4 Å². The van der Waals surface area contributed by atoms with E-state index in [2.05, 4.69) is 17.3 Å². The van der Waals surface area contributed by atoms with E-state index in [-0.39, 0.29) is 11.9 Å². The highest BCUT2D eigenvalue weighted by Crippen LogP contribution is 2.21. The summed E-state index contributed by atoms with van der Waals surface area (Å²) in [5.74, 6) is 0.630. The topological polar surface area (TPSA) is 29.9 Å². The molecule has 0 aliphatic heterocycles. The van der Waals surface area contributed by atoms with Gasteiger partial charge in [-0.2, -0.15) is 5.10 Å². The van der Waals surface area contributed by atoms with Crippen molar-refractivity contribution in [1.29, 1.82) is 0 Å². The summed E-state index contributed by atoms with van der Waals surface area (Å²) in [7, 11) is 1.88. The van der Waals surface area contributed by atoms with E-state index in [4.69, 9.17) is 0 Å². The number of aromatic nitrogens is 2. The van der Waals surface area contributed by atoms with Crippen LogP contribution in [0, 0.1) is 5.82 Å². The Labute approximate surface area is 100 Å². The first-order valence-corrected chi connectivity index (χ1v) is 5.70. The highest BCUT2D eigenvalue weighted by Gasteiger charge is 2.10. The fourth-order valence-corrected chi connectivity index (χ4v) is 1.79. The molecule has 2 aromatic rings. The summed E-state index contributed by atoms with van der Waals surface area (Å²) in [6.45, 7) is 2.09. The molecule has 1 aromatic heterocycles. The Morgan fingerprint density at radius 3 is 2.53 bits per heavy atom. The number of nitrogens with one attached hydrogen (secondary N) is 1. The maximum absolute atomic E-state index is 12.8. The summed E-state index contributed by atoms with van der Waals surface area (Å²) >= 11 is 0. The van der Waals surface area contributed by atoms with Crippen LogP contribution < -0.4 is 5.32 Å². The van der Waals surface area contributed by atoms with E-state index < -0.39 is 0 Å². The van der Waals surface area contributed by atoms with Gasteiger partial charge < -0.3 is 5.32 Å². The van der Waals surface area contributed by atoms with Crippen molar-refractivity contribution >= 4 is 5.82 Å². The number of hydrogen-bond acceptors (Lipinski definition) is 2. The Kier molecular flexibility index (Phi) is 3.42. The zero-order chi connectivity index (χ0) is 12.3. The minimum Gasteiger partial charge on any atom is -0.362 e. The number of rotatable bonds is 4. The fraction of sp³-hybridized carbons (Fsp3) is 0.308. The molecule has 1 N–H and O–H groups in total. The molecule has 2 rings (SSSR count). The monoisotopic (exact) mass is 233 g/mol. The van der Waals surface area contributed by atoms with E-state index in [1.807, 2.05) is 19.3 Å². The van der Waals surface area contributed by atoms with Crippen molar-refractivity contribution < 1.29 is 4.39 Å². The smallest absolute Gasteiger partial charge is 0.148 e. The lowest BCUT2D eigenvalue weighted by atomic mass is 10.0. The molecule has 1 heterocycles. The summed E-state index contributed by atoms with van der Waals surface area (Å²) in [6, 6.07) is 8.66. The van der Waals surface area contributed by atoms with Crippen molar-refractivity contribution in [3.05, 3.63) is 47.9 Å². The Balaban J connectivity index is 2.13. The fourth-order valence-electron chi connectivity index (χ4n) is 1.79. The van der Waals surface area contributed by atoms with Gasteiger partial charge in [0.1, 0.15) is 11.6 Å². The van der Waals surface area contributed by atoms with Gasteiger partial charge in [0.15, 0.2) is 0 Å². The summed E-state index contributed by atoms with van der Waals surface area (Å²) in [6.07, 6.45) is 2.81. The van der Waals surface area contributed by atoms with Gasteiger partial charge in [-0.3, -0.25) is 4.68 Å². The maximum atomic E-state index is 12.8. The molecule has 90 valence electrons. The molecule has 3 nitrogen and oxygen atoms in total. The van der Waals surface area contributed by atoms with E-state index in [0.717, 1.165) is 17.8 Å². The summed E-state index contributed by atoms with van der Waals surface area (Å²) in [5, 5.41) is 7.60. The molecule has 0 amide bonds. The lowest BCUT2D eigenvalue weighted by Gasteiger charge is -2.16. The van der Waals surface area contributed by atoms with Crippen LogP contribution in [0.25, 0.3) is 0 Å². The average molecular weight is 233 g/mol. The maximum Gasteiger partial charge on any atom is 0.148 e. The summed E-state index contributed by atoms with van der Waals surface area (Å²) in [5.41, 5.74) is 1.07. The number of nitrogens with zero attached hydrogens (tertiary/aromatic N) is 2. The molecule has 0 saturated heterocycles. The van der Waals surface area contributed by atoms with Crippen LogP contribution in [0.5, 0.6) is 0 Å². The highest BCUT2D eigenvalue weighted by atomic mass is 19.1. The Morgan fingerprint density at radius 1 is 1.29 bits per heavy atom. The summed E-state index contributed by atoms with van der Waals surface area (Å²) in [4.78, 5) is 0. The predicted octanol–water partition coefficient (Wildman–Crippen LogP) is 3.12. The van der Waals surface area contributed by atoms with Crippen LogP contribution in [0.1, 0.15) is 24.9 Å². The minimum atomic E-state index is -0.207. The van der Waals surface area contributed by atoms with Gasteiger partial charge in [-0.05, 0) is 24.1 Å². The Bertz CT molecular complexity index is 476. The largest absolute Gasteiger partial charge is 0.362 e. The van der Waals surface area contributed by atoms with Crippen LogP contribution in [-0.4, -0.2) is 9.78 Å². The SMILES string of the molecule is CC[C@H](Nc1ccn(C)n1)c1ccc(F)cc1. The van der Waals surface area contributed by atoms with E-state index in [1.54, 1.807) is 16.8 Å². The van der Waals surface area contributed by atoms with Gasteiger partial charge in [-0.25, -0.2) is 4.39 Å². The molecule has 0 spiro atoms. The van der Waals surface area contributed by atoms with Crippen molar-refractivity contribution in [1.82, 2.24) is 9.78 Å². The van der Waals surface area contributed by atoms with E-state index >= 15 is 0 Å². The first-order valence-electron chi connectivity index (χ1n) is 5.70. The second-order valence-electron chi connectivity index (χ2n) is 4.03. The third-order valence-electron chi connectivity index (χ3n) is 2.72. The van der Waals surface area contributed by atoms with E-state index in [0.29, 0.717) is 0 Å². The van der Waals surface area contributed by atoms with E-state index in [1.165, 1.54) is 12.1 Å². The zero-order valence-electron chi connectivity index (χ0n) is 10.0. The molecule has 0 saturated carbocycles. The number of benzene rings is 1. The second kappa shape index (κ2) is 4.99. The first-order chi connectivity index (χ1) is 8.19. The number of hydrogen-bond donors (Lipinski definition) is 1. The molecule has 0 bridgehead atoms. The van der Waals surface area contributed by atoms with Gasteiger partial charge in [-0.1, -0.05) is 19.1 Å². The van der Waals surface area contributed by atoms with E-state index in [9.17, 15) is 4.39 Å². The quantitative estimate of drug-likeness (QED) is 0.879. The molecule has 4 heteroatoms. The molecule has 17 heavy (non-hydrogen) atoms. The molecule has 0 fully saturated rings. The first kappa shape index (κ1) is 11.6. The van der Waals surface area contributed by atoms with Gasteiger partial charge >= 0.3 is 0 Å². The lowest BCUT2D eigenvalue weighted by Crippen LogP contribution is -2.10. The normalized spacial score (nSPS) is 12.4. The van der Waals surface area contributed by atoms with Crippen LogP contribution in [0.3, 0.4) is 0 Å². The second-order valence-corrected chi connectivity index (χ2v) is 4.03. The molecule has 0 aliphatic carbocycles. The van der Waals surface area contributed by atoms with Crippen LogP contribution in [-0.2, 0) is 7.05 Å². The minimum absolute atomic E-state index is 0.158. The molecular weight excluding hydrogens is 217 g/mol. The van der Waals surface area contributed by atoms with Crippen molar-refractivity contribution in [2.24, 2.45) is 7.05 Å².